The van der Waals surface area contributed by atoms with Crippen molar-refractivity contribution in [1.29, 1.82) is 0 Å². The molecule has 0 aliphatic carbocycles. The fourth-order valence-electron chi connectivity index (χ4n) is 1.67. The fraction of sp³-hybridized carbons (Fsp3) is 0.143. The molecule has 0 amide bonds. The van der Waals surface area contributed by atoms with Crippen LogP contribution in [0.5, 0.6) is 0 Å². The van der Waals surface area contributed by atoms with Gasteiger partial charge in [0.05, 0.1) is 0 Å². The van der Waals surface area contributed by atoms with E-state index in [4.69, 9.17) is 17.3 Å². The third-order valence-electron chi connectivity index (χ3n) is 2.70. The molecule has 0 aliphatic heterocycles. The Bertz CT molecular complexity index is 600. The molecule has 0 aliphatic rings. The van der Waals surface area contributed by atoms with Gasteiger partial charge in [0.1, 0.15) is 12.0 Å². The SMILES string of the molecule is C=CCNc1ncnc(NCc2ccccc2Cl)c1N. The van der Waals surface area contributed by atoms with Crippen molar-refractivity contribution in [2.45, 2.75) is 6.54 Å². The molecule has 1 aromatic carbocycles. The van der Waals surface area contributed by atoms with E-state index in [1.165, 1.54) is 6.33 Å². The smallest absolute Gasteiger partial charge is 0.155 e. The summed E-state index contributed by atoms with van der Waals surface area (Å²) in [5.74, 6) is 1.16. The van der Waals surface area contributed by atoms with E-state index in [-0.39, 0.29) is 0 Å². The first-order chi connectivity index (χ1) is 9.72. The number of anilines is 3. The molecule has 0 unspecified atom stereocenters. The molecule has 0 spiro atoms. The average molecular weight is 290 g/mol. The molecule has 20 heavy (non-hydrogen) atoms. The van der Waals surface area contributed by atoms with Crippen LogP contribution >= 0.6 is 11.6 Å². The van der Waals surface area contributed by atoms with E-state index in [2.05, 4.69) is 27.2 Å². The van der Waals surface area contributed by atoms with Gasteiger partial charge in [-0.25, -0.2) is 9.97 Å². The molecule has 2 aromatic rings. The Labute approximate surface area is 122 Å². The Morgan fingerprint density at radius 3 is 2.60 bits per heavy atom. The number of hydrogen-bond donors (Lipinski definition) is 3. The van der Waals surface area contributed by atoms with Crippen LogP contribution in [0.1, 0.15) is 5.56 Å². The highest BCUT2D eigenvalue weighted by atomic mass is 35.5. The lowest BCUT2D eigenvalue weighted by molar-refractivity contribution is 1.08. The van der Waals surface area contributed by atoms with Crippen molar-refractivity contribution >= 4 is 28.9 Å². The molecule has 0 bridgehead atoms. The van der Waals surface area contributed by atoms with Gasteiger partial charge in [-0.05, 0) is 11.6 Å². The molecule has 2 rings (SSSR count). The first-order valence-electron chi connectivity index (χ1n) is 6.15. The molecule has 104 valence electrons. The summed E-state index contributed by atoms with van der Waals surface area (Å²) >= 11 is 6.10. The first kappa shape index (κ1) is 14.1. The Morgan fingerprint density at radius 2 is 1.90 bits per heavy atom. The van der Waals surface area contributed by atoms with Crippen molar-refractivity contribution in [2.75, 3.05) is 22.9 Å². The molecule has 1 heterocycles. The minimum atomic E-state index is 0.474. The summed E-state index contributed by atoms with van der Waals surface area (Å²) in [6.07, 6.45) is 3.19. The van der Waals surface area contributed by atoms with Gasteiger partial charge < -0.3 is 16.4 Å². The maximum Gasteiger partial charge on any atom is 0.155 e. The number of halogens is 1. The average Bonchev–Trinajstić information content (AvgIpc) is 2.46. The fourth-order valence-corrected chi connectivity index (χ4v) is 1.87. The summed E-state index contributed by atoms with van der Waals surface area (Å²) in [6.45, 7) is 4.77. The highest BCUT2D eigenvalue weighted by molar-refractivity contribution is 6.31. The third kappa shape index (κ3) is 3.39. The van der Waals surface area contributed by atoms with Crippen LogP contribution in [0.3, 0.4) is 0 Å². The van der Waals surface area contributed by atoms with Gasteiger partial charge in [-0.15, -0.1) is 6.58 Å². The summed E-state index contributed by atoms with van der Waals surface area (Å²) in [6, 6.07) is 7.62. The highest BCUT2D eigenvalue weighted by Gasteiger charge is 2.07. The molecule has 4 N–H and O–H groups in total. The summed E-state index contributed by atoms with van der Waals surface area (Å²) in [7, 11) is 0. The van der Waals surface area contributed by atoms with Gasteiger partial charge in [-0.1, -0.05) is 35.9 Å². The minimum absolute atomic E-state index is 0.474. The molecule has 0 fully saturated rings. The van der Waals surface area contributed by atoms with E-state index in [0.717, 1.165) is 5.56 Å². The lowest BCUT2D eigenvalue weighted by Crippen LogP contribution is -2.10. The molecule has 1 aromatic heterocycles. The van der Waals surface area contributed by atoms with Gasteiger partial charge in [0.25, 0.3) is 0 Å². The first-order valence-corrected chi connectivity index (χ1v) is 6.52. The molecule has 6 heteroatoms. The maximum atomic E-state index is 6.10. The van der Waals surface area contributed by atoms with E-state index in [9.17, 15) is 0 Å². The molecule has 0 radical (unpaired) electrons. The predicted molar refractivity (Wildman–Crippen MR) is 83.9 cm³/mol. The summed E-state index contributed by atoms with van der Waals surface area (Å²) in [5, 5.41) is 6.92. The number of nitrogen functional groups attached to an aromatic ring is 1. The molecular weight excluding hydrogens is 274 g/mol. The molecule has 5 nitrogen and oxygen atoms in total. The molecule has 0 saturated heterocycles. The lowest BCUT2D eigenvalue weighted by atomic mass is 10.2. The van der Waals surface area contributed by atoms with Crippen LogP contribution in [0, 0.1) is 0 Å². The molecule has 0 saturated carbocycles. The van der Waals surface area contributed by atoms with Gasteiger partial charge in [0.2, 0.25) is 0 Å². The van der Waals surface area contributed by atoms with Gasteiger partial charge in [0.15, 0.2) is 11.6 Å². The zero-order valence-corrected chi connectivity index (χ0v) is 11.7. The molecule has 0 atom stereocenters. The van der Waals surface area contributed by atoms with Crippen LogP contribution in [0.2, 0.25) is 5.02 Å². The quantitative estimate of drug-likeness (QED) is 0.713. The Morgan fingerprint density at radius 1 is 1.20 bits per heavy atom. The van der Waals surface area contributed by atoms with Crippen molar-refractivity contribution in [2.24, 2.45) is 0 Å². The van der Waals surface area contributed by atoms with Gasteiger partial charge >= 0.3 is 0 Å². The zero-order valence-electron chi connectivity index (χ0n) is 10.9. The number of rotatable bonds is 6. The second-order valence-electron chi connectivity index (χ2n) is 4.10. The van der Waals surface area contributed by atoms with Crippen LogP contribution < -0.4 is 16.4 Å². The number of nitrogens with two attached hydrogens (primary N) is 1. The van der Waals surface area contributed by atoms with Crippen molar-refractivity contribution in [1.82, 2.24) is 9.97 Å². The van der Waals surface area contributed by atoms with Crippen LogP contribution in [-0.2, 0) is 6.54 Å². The van der Waals surface area contributed by atoms with Crippen molar-refractivity contribution in [3.05, 3.63) is 53.8 Å². The summed E-state index contributed by atoms with van der Waals surface area (Å²) in [4.78, 5) is 8.22. The maximum absolute atomic E-state index is 6.10. The third-order valence-corrected chi connectivity index (χ3v) is 3.07. The number of nitrogens with zero attached hydrogens (tertiary/aromatic N) is 2. The highest BCUT2D eigenvalue weighted by Crippen LogP contribution is 2.23. The number of hydrogen-bond acceptors (Lipinski definition) is 5. The van der Waals surface area contributed by atoms with E-state index in [0.29, 0.717) is 35.4 Å². The van der Waals surface area contributed by atoms with E-state index >= 15 is 0 Å². The topological polar surface area (TPSA) is 75.9 Å². The summed E-state index contributed by atoms with van der Waals surface area (Å²) in [5.41, 5.74) is 7.46. The predicted octanol–water partition coefficient (Wildman–Crippen LogP) is 2.92. The zero-order chi connectivity index (χ0) is 14.4. The normalized spacial score (nSPS) is 10.1. The van der Waals surface area contributed by atoms with Crippen molar-refractivity contribution < 1.29 is 0 Å². The molecular formula is C14H16ClN5. The monoisotopic (exact) mass is 289 g/mol. The Balaban J connectivity index is 2.10. The van der Waals surface area contributed by atoms with E-state index in [1.54, 1.807) is 6.08 Å². The van der Waals surface area contributed by atoms with Gasteiger partial charge in [0, 0.05) is 18.1 Å². The Hall–Kier alpha value is -2.27. The second-order valence-corrected chi connectivity index (χ2v) is 4.51. The van der Waals surface area contributed by atoms with Crippen LogP contribution in [0.25, 0.3) is 0 Å². The lowest BCUT2D eigenvalue weighted by Gasteiger charge is -2.12. The number of benzene rings is 1. The van der Waals surface area contributed by atoms with Crippen LogP contribution in [0.15, 0.2) is 43.2 Å². The second kappa shape index (κ2) is 6.77. The largest absolute Gasteiger partial charge is 0.393 e. The van der Waals surface area contributed by atoms with Crippen molar-refractivity contribution in [3.8, 4) is 0 Å². The van der Waals surface area contributed by atoms with Crippen LogP contribution in [-0.4, -0.2) is 16.5 Å². The number of nitrogens with one attached hydrogen (secondary N) is 2. The minimum Gasteiger partial charge on any atom is -0.393 e. The van der Waals surface area contributed by atoms with Gasteiger partial charge in [-0.2, -0.15) is 0 Å². The van der Waals surface area contributed by atoms with E-state index in [1.807, 2.05) is 24.3 Å². The van der Waals surface area contributed by atoms with E-state index < -0.39 is 0 Å². The van der Waals surface area contributed by atoms with Crippen LogP contribution in [0.4, 0.5) is 17.3 Å². The van der Waals surface area contributed by atoms with Gasteiger partial charge in [-0.3, -0.25) is 0 Å². The standard InChI is InChI=1S/C14H16ClN5/c1-2-7-17-13-12(16)14(20-9-19-13)18-8-10-5-3-4-6-11(10)15/h2-6,9H,1,7-8,16H2,(H2,17,18,19,20). The summed E-state index contributed by atoms with van der Waals surface area (Å²) < 4.78 is 0. The van der Waals surface area contributed by atoms with Crippen molar-refractivity contribution in [3.63, 3.8) is 0 Å². The Kier molecular flexibility index (Phi) is 4.79. The number of aromatic nitrogens is 2.